The molecule has 0 aliphatic heterocycles. The smallest absolute Gasteiger partial charge is 0.331 e. The van der Waals surface area contributed by atoms with E-state index in [4.69, 9.17) is 11.6 Å². The molecule has 86 valence electrons. The highest BCUT2D eigenvalue weighted by atomic mass is 35.5. The second-order valence-electron chi connectivity index (χ2n) is 3.30. The first-order valence-corrected chi connectivity index (χ1v) is 5.27. The average molecular weight is 240 g/mol. The minimum absolute atomic E-state index is 0.109. The summed E-state index contributed by atoms with van der Waals surface area (Å²) in [7, 11) is 1.34. The second-order valence-corrected chi connectivity index (χ2v) is 3.73. The van der Waals surface area contributed by atoms with E-state index in [-0.39, 0.29) is 12.0 Å². The molecule has 0 saturated carbocycles. The highest BCUT2D eigenvalue weighted by Crippen LogP contribution is 2.15. The van der Waals surface area contributed by atoms with E-state index in [1.807, 2.05) is 31.2 Å². The molecule has 0 unspecified atom stereocenters. The molecule has 16 heavy (non-hydrogen) atoms. The number of carbonyl (C=O) groups excluding carboxylic acids is 1. The first-order valence-electron chi connectivity index (χ1n) is 4.89. The molecule has 0 amide bonds. The topological polar surface area (TPSA) is 38.3 Å². The van der Waals surface area contributed by atoms with Gasteiger partial charge in [-0.25, -0.2) is 4.79 Å². The third kappa shape index (κ3) is 3.95. The van der Waals surface area contributed by atoms with E-state index in [9.17, 15) is 4.79 Å². The Kier molecular flexibility index (Phi) is 4.86. The van der Waals surface area contributed by atoms with Gasteiger partial charge < -0.3 is 10.1 Å². The summed E-state index contributed by atoms with van der Waals surface area (Å²) in [5, 5.41) is 3.77. The predicted octanol–water partition coefficient (Wildman–Crippen LogP) is 2.68. The molecule has 0 aromatic heterocycles. The number of carbonyl (C=O) groups is 1. The highest BCUT2D eigenvalue weighted by Gasteiger charge is 2.02. The lowest BCUT2D eigenvalue weighted by Gasteiger charge is -2.11. The first kappa shape index (κ1) is 12.6. The van der Waals surface area contributed by atoms with Crippen LogP contribution in [0.1, 0.15) is 18.5 Å². The van der Waals surface area contributed by atoms with E-state index in [0.717, 1.165) is 5.56 Å². The van der Waals surface area contributed by atoms with Gasteiger partial charge in [0.05, 0.1) is 7.11 Å². The molecule has 3 nitrogen and oxygen atoms in total. The third-order valence-corrected chi connectivity index (χ3v) is 2.39. The summed E-state index contributed by atoms with van der Waals surface area (Å²) in [6, 6.07) is 7.65. The quantitative estimate of drug-likeness (QED) is 0.649. The largest absolute Gasteiger partial charge is 0.466 e. The molecule has 0 spiro atoms. The lowest BCUT2D eigenvalue weighted by molar-refractivity contribution is -0.134. The zero-order valence-electron chi connectivity index (χ0n) is 9.24. The van der Waals surface area contributed by atoms with Crippen molar-refractivity contribution in [3.05, 3.63) is 47.1 Å². The molecular formula is C12H14ClNO2. The summed E-state index contributed by atoms with van der Waals surface area (Å²) in [6.07, 6.45) is 2.91. The molecule has 0 saturated heterocycles. The molecule has 1 N–H and O–H groups in total. The van der Waals surface area contributed by atoms with Crippen LogP contribution < -0.4 is 5.32 Å². The number of esters is 1. The Morgan fingerprint density at radius 3 is 2.62 bits per heavy atom. The molecule has 1 atom stereocenters. The van der Waals surface area contributed by atoms with Crippen molar-refractivity contribution in [2.75, 3.05) is 7.11 Å². The molecule has 0 fully saturated rings. The number of hydrogen-bond donors (Lipinski definition) is 1. The second kappa shape index (κ2) is 6.18. The van der Waals surface area contributed by atoms with Gasteiger partial charge in [-0.15, -0.1) is 0 Å². The lowest BCUT2D eigenvalue weighted by atomic mass is 10.1. The van der Waals surface area contributed by atoms with E-state index in [1.165, 1.54) is 13.2 Å². The standard InChI is InChI=1S/C12H14ClNO2/c1-9(14-8-7-12(15)16-2)10-3-5-11(13)6-4-10/h3-9,14H,1-2H3/b8-7+/t9-/m0/s1. The number of ether oxygens (including phenoxy) is 1. The molecular weight excluding hydrogens is 226 g/mol. The minimum atomic E-state index is -0.379. The molecule has 1 rings (SSSR count). The van der Waals surface area contributed by atoms with Crippen molar-refractivity contribution in [1.29, 1.82) is 0 Å². The molecule has 0 aliphatic rings. The van der Waals surface area contributed by atoms with Crippen LogP contribution >= 0.6 is 11.6 Å². The summed E-state index contributed by atoms with van der Waals surface area (Å²) >= 11 is 5.79. The van der Waals surface area contributed by atoms with Crippen LogP contribution in [0.25, 0.3) is 0 Å². The van der Waals surface area contributed by atoms with Crippen LogP contribution in [0.3, 0.4) is 0 Å². The van der Waals surface area contributed by atoms with E-state index in [0.29, 0.717) is 5.02 Å². The summed E-state index contributed by atoms with van der Waals surface area (Å²) in [5.41, 5.74) is 1.10. The first-order chi connectivity index (χ1) is 7.63. The van der Waals surface area contributed by atoms with Gasteiger partial charge in [0, 0.05) is 23.3 Å². The number of benzene rings is 1. The molecule has 0 radical (unpaired) electrons. The van der Waals surface area contributed by atoms with Crippen LogP contribution in [0.2, 0.25) is 5.02 Å². The molecule has 1 aromatic carbocycles. The fourth-order valence-electron chi connectivity index (χ4n) is 1.18. The Morgan fingerprint density at radius 2 is 2.06 bits per heavy atom. The average Bonchev–Trinajstić information content (AvgIpc) is 2.29. The van der Waals surface area contributed by atoms with E-state index < -0.39 is 0 Å². The SMILES string of the molecule is COC(=O)/C=C/N[C@@H](C)c1ccc(Cl)cc1. The fraction of sp³-hybridized carbons (Fsp3) is 0.250. The van der Waals surface area contributed by atoms with Gasteiger partial charge in [0.25, 0.3) is 0 Å². The van der Waals surface area contributed by atoms with Crippen molar-refractivity contribution in [2.24, 2.45) is 0 Å². The van der Waals surface area contributed by atoms with Crippen molar-refractivity contribution >= 4 is 17.6 Å². The summed E-state index contributed by atoms with van der Waals surface area (Å²) in [4.78, 5) is 10.8. The molecule has 0 bridgehead atoms. The van der Waals surface area contributed by atoms with Crippen molar-refractivity contribution in [3.8, 4) is 0 Å². The van der Waals surface area contributed by atoms with Crippen molar-refractivity contribution in [2.45, 2.75) is 13.0 Å². The van der Waals surface area contributed by atoms with Gasteiger partial charge in [0.1, 0.15) is 0 Å². The number of methoxy groups -OCH3 is 1. The maximum Gasteiger partial charge on any atom is 0.331 e. The van der Waals surface area contributed by atoms with Crippen molar-refractivity contribution in [1.82, 2.24) is 5.32 Å². The van der Waals surface area contributed by atoms with Gasteiger partial charge in [-0.05, 0) is 24.6 Å². The van der Waals surface area contributed by atoms with Gasteiger partial charge >= 0.3 is 5.97 Å². The highest BCUT2D eigenvalue weighted by molar-refractivity contribution is 6.30. The number of hydrogen-bond acceptors (Lipinski definition) is 3. The maximum atomic E-state index is 10.8. The molecule has 0 heterocycles. The van der Waals surface area contributed by atoms with E-state index >= 15 is 0 Å². The van der Waals surface area contributed by atoms with Crippen LogP contribution in [-0.4, -0.2) is 13.1 Å². The van der Waals surface area contributed by atoms with Crippen LogP contribution in [0.4, 0.5) is 0 Å². The minimum Gasteiger partial charge on any atom is -0.466 e. The maximum absolute atomic E-state index is 10.8. The van der Waals surface area contributed by atoms with E-state index in [2.05, 4.69) is 10.1 Å². The summed E-state index contributed by atoms with van der Waals surface area (Å²) in [5.74, 6) is -0.379. The van der Waals surface area contributed by atoms with Crippen molar-refractivity contribution < 1.29 is 9.53 Å². The normalized spacial score (nSPS) is 12.4. The Labute approximate surface area is 100 Å². The number of halogens is 1. The zero-order chi connectivity index (χ0) is 12.0. The zero-order valence-corrected chi connectivity index (χ0v) is 9.99. The van der Waals surface area contributed by atoms with Crippen LogP contribution in [0, 0.1) is 0 Å². The van der Waals surface area contributed by atoms with Gasteiger partial charge in [0.2, 0.25) is 0 Å². The monoisotopic (exact) mass is 239 g/mol. The molecule has 4 heteroatoms. The van der Waals surface area contributed by atoms with Gasteiger partial charge in [-0.3, -0.25) is 0 Å². The van der Waals surface area contributed by atoms with E-state index in [1.54, 1.807) is 6.20 Å². The Bertz CT molecular complexity index is 373. The van der Waals surface area contributed by atoms with Crippen LogP contribution in [0.5, 0.6) is 0 Å². The Balaban J connectivity index is 2.52. The number of nitrogens with one attached hydrogen (secondary N) is 1. The third-order valence-electron chi connectivity index (χ3n) is 2.14. The summed E-state index contributed by atoms with van der Waals surface area (Å²) < 4.78 is 4.47. The predicted molar refractivity (Wildman–Crippen MR) is 64.2 cm³/mol. The fourth-order valence-corrected chi connectivity index (χ4v) is 1.30. The molecule has 1 aromatic rings. The Hall–Kier alpha value is -1.48. The molecule has 0 aliphatic carbocycles. The van der Waals surface area contributed by atoms with Gasteiger partial charge in [-0.1, -0.05) is 23.7 Å². The van der Waals surface area contributed by atoms with Crippen LogP contribution in [0.15, 0.2) is 36.5 Å². The van der Waals surface area contributed by atoms with Crippen LogP contribution in [-0.2, 0) is 9.53 Å². The van der Waals surface area contributed by atoms with Crippen molar-refractivity contribution in [3.63, 3.8) is 0 Å². The lowest BCUT2D eigenvalue weighted by Crippen LogP contribution is -2.12. The van der Waals surface area contributed by atoms with Gasteiger partial charge in [0.15, 0.2) is 0 Å². The summed E-state index contributed by atoms with van der Waals surface area (Å²) in [6.45, 7) is 1.99. The van der Waals surface area contributed by atoms with Gasteiger partial charge in [-0.2, -0.15) is 0 Å². The number of rotatable bonds is 4. The Morgan fingerprint density at radius 1 is 1.44 bits per heavy atom.